The van der Waals surface area contributed by atoms with Crippen molar-refractivity contribution in [3.63, 3.8) is 0 Å². The Morgan fingerprint density at radius 3 is 2.29 bits per heavy atom. The van der Waals surface area contributed by atoms with Gasteiger partial charge in [-0.1, -0.05) is 66.7 Å². The molecular weight excluding hydrogens is 454 g/mol. The Labute approximate surface area is 199 Å². The van der Waals surface area contributed by atoms with Gasteiger partial charge in [0.05, 0.1) is 16.9 Å². The van der Waals surface area contributed by atoms with Crippen LogP contribution < -0.4 is 5.73 Å². The molecule has 35 heavy (non-hydrogen) atoms. The molecule has 2 N–H and O–H groups in total. The monoisotopic (exact) mass is 475 g/mol. The van der Waals surface area contributed by atoms with Crippen LogP contribution in [0, 0.1) is 12.7 Å². The molecule has 0 aliphatic rings. The van der Waals surface area contributed by atoms with E-state index in [9.17, 15) is 13.2 Å². The van der Waals surface area contributed by atoms with Gasteiger partial charge in [-0.3, -0.25) is 0 Å². The van der Waals surface area contributed by atoms with Gasteiger partial charge in [0.15, 0.2) is 5.82 Å². The van der Waals surface area contributed by atoms with E-state index >= 15 is 4.39 Å². The number of hydrogen-bond acceptors (Lipinski definition) is 2. The van der Waals surface area contributed by atoms with Gasteiger partial charge >= 0.3 is 6.18 Å². The van der Waals surface area contributed by atoms with Gasteiger partial charge in [0, 0.05) is 17.5 Å². The summed E-state index contributed by atoms with van der Waals surface area (Å²) in [6.07, 6.45) is -4.61. The molecule has 0 radical (unpaired) electrons. The van der Waals surface area contributed by atoms with E-state index in [0.717, 1.165) is 11.6 Å². The number of alkyl halides is 3. The van der Waals surface area contributed by atoms with Crippen LogP contribution in [0.5, 0.6) is 0 Å². The lowest BCUT2D eigenvalue weighted by molar-refractivity contribution is -0.137. The first-order chi connectivity index (χ1) is 16.8. The molecule has 0 bridgehead atoms. The zero-order valence-corrected chi connectivity index (χ0v) is 18.8. The Morgan fingerprint density at radius 2 is 1.57 bits per heavy atom. The summed E-state index contributed by atoms with van der Waals surface area (Å²) in [5, 5.41) is 5.08. The van der Waals surface area contributed by atoms with Crippen molar-refractivity contribution in [1.29, 1.82) is 0 Å². The second kappa shape index (κ2) is 8.67. The highest BCUT2D eigenvalue weighted by atomic mass is 19.4. The minimum atomic E-state index is -4.61. The highest BCUT2D eigenvalue weighted by molar-refractivity contribution is 5.89. The Balaban J connectivity index is 1.71. The van der Waals surface area contributed by atoms with Crippen molar-refractivity contribution < 1.29 is 17.6 Å². The van der Waals surface area contributed by atoms with Gasteiger partial charge in [0.1, 0.15) is 5.52 Å². The van der Waals surface area contributed by atoms with Crippen molar-refractivity contribution in [1.82, 2.24) is 9.78 Å². The number of nitrogens with two attached hydrogens (primary N) is 1. The summed E-state index contributed by atoms with van der Waals surface area (Å²) in [5.74, 6) is -0.637. The van der Waals surface area contributed by atoms with Gasteiger partial charge in [-0.25, -0.2) is 9.07 Å². The maximum Gasteiger partial charge on any atom is 0.417 e. The number of nitrogens with zero attached hydrogens (tertiary/aromatic N) is 2. The Morgan fingerprint density at radius 1 is 0.829 bits per heavy atom. The molecule has 5 rings (SSSR count). The summed E-state index contributed by atoms with van der Waals surface area (Å²) in [5.41, 5.74) is 7.91. The number of hydrogen-bond donors (Lipinski definition) is 1. The highest BCUT2D eigenvalue weighted by Crippen LogP contribution is 2.40. The van der Waals surface area contributed by atoms with Crippen LogP contribution in [0.2, 0.25) is 0 Å². The third-order valence-electron chi connectivity index (χ3n) is 6.08. The van der Waals surface area contributed by atoms with Crippen LogP contribution in [0.25, 0.3) is 38.8 Å². The first-order valence-electron chi connectivity index (χ1n) is 11.0. The lowest BCUT2D eigenvalue weighted by atomic mass is 9.94. The van der Waals surface area contributed by atoms with E-state index < -0.39 is 17.6 Å². The van der Waals surface area contributed by atoms with Crippen molar-refractivity contribution in [2.24, 2.45) is 5.73 Å². The Bertz CT molecular complexity index is 1540. The standard InChI is InChI=1S/C28H21F4N3/c1-17-22-12-13-24(26(29)27(22)35(34-17)21-9-5-6-18(14-21)16-33)20-10-11-23(19-7-3-2-4-8-19)25(15-20)28(30,31)32/h2-15H,16,33H2,1H3. The minimum absolute atomic E-state index is 0.0443. The molecule has 0 atom stereocenters. The van der Waals surface area contributed by atoms with Crippen molar-refractivity contribution in [3.8, 4) is 27.9 Å². The van der Waals surface area contributed by atoms with Gasteiger partial charge in [0.2, 0.25) is 0 Å². The van der Waals surface area contributed by atoms with E-state index in [-0.39, 0.29) is 22.2 Å². The molecule has 1 heterocycles. The van der Waals surface area contributed by atoms with E-state index in [1.54, 1.807) is 55.5 Å². The number of rotatable bonds is 4. The Kier molecular flexibility index (Phi) is 5.65. The van der Waals surface area contributed by atoms with Gasteiger partial charge in [-0.15, -0.1) is 0 Å². The summed E-state index contributed by atoms with van der Waals surface area (Å²) >= 11 is 0. The van der Waals surface area contributed by atoms with Crippen LogP contribution in [-0.2, 0) is 12.7 Å². The average molecular weight is 475 g/mol. The molecule has 0 unspecified atom stereocenters. The molecule has 0 aliphatic heterocycles. The third kappa shape index (κ3) is 4.08. The summed E-state index contributed by atoms with van der Waals surface area (Å²) in [6.45, 7) is 2.08. The fourth-order valence-electron chi connectivity index (χ4n) is 4.36. The second-order valence-corrected chi connectivity index (χ2v) is 8.32. The molecule has 0 amide bonds. The molecule has 0 saturated carbocycles. The van der Waals surface area contributed by atoms with Crippen molar-refractivity contribution in [3.05, 3.63) is 108 Å². The van der Waals surface area contributed by atoms with Gasteiger partial charge < -0.3 is 5.73 Å². The number of benzene rings is 4. The van der Waals surface area contributed by atoms with Crippen LogP contribution in [-0.4, -0.2) is 9.78 Å². The molecule has 3 nitrogen and oxygen atoms in total. The fraction of sp³-hybridized carbons (Fsp3) is 0.107. The molecule has 0 saturated heterocycles. The normalized spacial score (nSPS) is 11.8. The fourth-order valence-corrected chi connectivity index (χ4v) is 4.36. The first kappa shape index (κ1) is 22.8. The van der Waals surface area contributed by atoms with Gasteiger partial charge in [0.25, 0.3) is 0 Å². The van der Waals surface area contributed by atoms with Crippen LogP contribution >= 0.6 is 0 Å². The lowest BCUT2D eigenvalue weighted by Crippen LogP contribution is -2.08. The van der Waals surface area contributed by atoms with Crippen LogP contribution in [0.15, 0.2) is 84.9 Å². The average Bonchev–Trinajstić information content (AvgIpc) is 3.21. The molecule has 4 aromatic carbocycles. The lowest BCUT2D eigenvalue weighted by Gasteiger charge is -2.16. The molecule has 0 aliphatic carbocycles. The van der Waals surface area contributed by atoms with E-state index in [1.807, 2.05) is 12.1 Å². The number of aryl methyl sites for hydroxylation is 1. The molecule has 1 aromatic heterocycles. The summed E-state index contributed by atoms with van der Waals surface area (Å²) in [6, 6.07) is 22.7. The quantitative estimate of drug-likeness (QED) is 0.278. The zero-order valence-electron chi connectivity index (χ0n) is 18.8. The van der Waals surface area contributed by atoms with E-state index in [0.29, 0.717) is 28.9 Å². The van der Waals surface area contributed by atoms with Gasteiger partial charge in [-0.2, -0.15) is 18.3 Å². The van der Waals surface area contributed by atoms with E-state index in [1.165, 1.54) is 22.9 Å². The van der Waals surface area contributed by atoms with Crippen molar-refractivity contribution >= 4 is 10.9 Å². The van der Waals surface area contributed by atoms with Crippen LogP contribution in [0.4, 0.5) is 17.6 Å². The smallest absolute Gasteiger partial charge is 0.326 e. The number of fused-ring (bicyclic) bond motifs is 1. The first-order valence-corrected chi connectivity index (χ1v) is 11.0. The molecule has 0 fully saturated rings. The third-order valence-corrected chi connectivity index (χ3v) is 6.08. The molecule has 5 aromatic rings. The number of halogens is 4. The molecule has 176 valence electrons. The summed E-state index contributed by atoms with van der Waals surface area (Å²) in [4.78, 5) is 0. The van der Waals surface area contributed by atoms with E-state index in [2.05, 4.69) is 5.10 Å². The largest absolute Gasteiger partial charge is 0.417 e. The maximum atomic E-state index is 16.0. The van der Waals surface area contributed by atoms with Crippen molar-refractivity contribution in [2.75, 3.05) is 0 Å². The zero-order chi connectivity index (χ0) is 24.7. The predicted octanol–water partition coefficient (Wildman–Crippen LogP) is 7.28. The highest BCUT2D eigenvalue weighted by Gasteiger charge is 2.34. The number of aromatic nitrogens is 2. The van der Waals surface area contributed by atoms with Gasteiger partial charge in [-0.05, 0) is 47.4 Å². The molecular formula is C28H21F4N3. The molecule has 0 spiro atoms. The predicted molar refractivity (Wildman–Crippen MR) is 130 cm³/mol. The maximum absolute atomic E-state index is 16.0. The second-order valence-electron chi connectivity index (χ2n) is 8.32. The Hall–Kier alpha value is -3.97. The summed E-state index contributed by atoms with van der Waals surface area (Å²) in [7, 11) is 0. The molecule has 7 heteroatoms. The minimum Gasteiger partial charge on any atom is -0.326 e. The van der Waals surface area contributed by atoms with Crippen molar-refractivity contribution in [2.45, 2.75) is 19.6 Å². The summed E-state index contributed by atoms with van der Waals surface area (Å²) < 4.78 is 59.5. The topological polar surface area (TPSA) is 43.8 Å². The van der Waals surface area contributed by atoms with E-state index in [4.69, 9.17) is 5.73 Å². The van der Waals surface area contributed by atoms with Crippen LogP contribution in [0.3, 0.4) is 0 Å². The SMILES string of the molecule is Cc1nn(-c2cccc(CN)c2)c2c(F)c(-c3ccc(-c4ccccc4)c(C(F)(F)F)c3)ccc12. The van der Waals surface area contributed by atoms with Crippen LogP contribution in [0.1, 0.15) is 16.8 Å².